The Morgan fingerprint density at radius 1 is 1.37 bits per heavy atom. The first-order valence-electron chi connectivity index (χ1n) is 5.58. The third kappa shape index (κ3) is 4.48. The second-order valence-electron chi connectivity index (χ2n) is 3.94. The molecule has 0 heterocycles. The van der Waals surface area contributed by atoms with Crippen LogP contribution in [-0.2, 0) is 4.79 Å². The molecule has 0 aromatic heterocycles. The van der Waals surface area contributed by atoms with E-state index in [1.165, 1.54) is 6.07 Å². The van der Waals surface area contributed by atoms with E-state index in [1.807, 2.05) is 52.1 Å². The number of phenolic OH excluding ortho intramolecular Hbond substituents is 1. The highest BCUT2D eigenvalue weighted by Crippen LogP contribution is 2.27. The molecular formula is C12H13I2NO4. The van der Waals surface area contributed by atoms with E-state index in [9.17, 15) is 14.7 Å². The number of nitrogens with one attached hydrogen (secondary N) is 1. The summed E-state index contributed by atoms with van der Waals surface area (Å²) < 4.78 is 1.35. The van der Waals surface area contributed by atoms with Gasteiger partial charge in [-0.3, -0.25) is 4.79 Å². The van der Waals surface area contributed by atoms with E-state index in [2.05, 4.69) is 5.32 Å². The largest absolute Gasteiger partial charge is 0.506 e. The zero-order valence-electron chi connectivity index (χ0n) is 10.1. The van der Waals surface area contributed by atoms with E-state index in [1.54, 1.807) is 6.07 Å². The van der Waals surface area contributed by atoms with Gasteiger partial charge in [0.1, 0.15) is 11.8 Å². The van der Waals surface area contributed by atoms with Crippen LogP contribution in [0.1, 0.15) is 30.1 Å². The summed E-state index contributed by atoms with van der Waals surface area (Å²) in [5.41, 5.74) is 0.0960. The van der Waals surface area contributed by atoms with Crippen LogP contribution in [0.3, 0.4) is 0 Å². The van der Waals surface area contributed by atoms with Crippen LogP contribution in [0.4, 0.5) is 0 Å². The van der Waals surface area contributed by atoms with Crippen LogP contribution >= 0.6 is 45.2 Å². The van der Waals surface area contributed by atoms with Gasteiger partial charge in [-0.05, 0) is 63.7 Å². The van der Waals surface area contributed by atoms with Crippen LogP contribution < -0.4 is 5.32 Å². The van der Waals surface area contributed by atoms with Crippen molar-refractivity contribution in [3.63, 3.8) is 0 Å². The predicted molar refractivity (Wildman–Crippen MR) is 87.3 cm³/mol. The van der Waals surface area contributed by atoms with Gasteiger partial charge in [-0.25, -0.2) is 4.79 Å². The lowest BCUT2D eigenvalue weighted by molar-refractivity contribution is -0.139. The molecule has 19 heavy (non-hydrogen) atoms. The monoisotopic (exact) mass is 489 g/mol. The Labute approximate surface area is 138 Å². The fourth-order valence-corrected chi connectivity index (χ4v) is 3.37. The van der Waals surface area contributed by atoms with Gasteiger partial charge in [0.15, 0.2) is 0 Å². The topological polar surface area (TPSA) is 86.6 Å². The molecule has 7 heteroatoms. The van der Waals surface area contributed by atoms with E-state index in [4.69, 9.17) is 5.11 Å². The average Bonchev–Trinajstić information content (AvgIpc) is 2.32. The molecule has 0 aliphatic heterocycles. The van der Waals surface area contributed by atoms with Gasteiger partial charge in [-0.1, -0.05) is 13.3 Å². The first kappa shape index (κ1) is 16.5. The number of rotatable bonds is 5. The smallest absolute Gasteiger partial charge is 0.326 e. The van der Waals surface area contributed by atoms with E-state index in [0.29, 0.717) is 16.4 Å². The highest BCUT2D eigenvalue weighted by molar-refractivity contribution is 14.1. The minimum atomic E-state index is -1.07. The van der Waals surface area contributed by atoms with Gasteiger partial charge in [-0.2, -0.15) is 0 Å². The Kier molecular flexibility index (Phi) is 6.30. The number of benzene rings is 1. The van der Waals surface area contributed by atoms with Crippen molar-refractivity contribution < 1.29 is 19.8 Å². The van der Waals surface area contributed by atoms with Crippen molar-refractivity contribution in [1.82, 2.24) is 5.32 Å². The van der Waals surface area contributed by atoms with Crippen LogP contribution in [0.5, 0.6) is 5.75 Å². The number of carboxylic acid groups (broad SMARTS) is 1. The molecule has 5 nitrogen and oxygen atoms in total. The molecule has 3 N–H and O–H groups in total. The van der Waals surface area contributed by atoms with Gasteiger partial charge in [0, 0.05) is 3.57 Å². The van der Waals surface area contributed by atoms with Gasteiger partial charge in [-0.15, -0.1) is 0 Å². The molecule has 0 radical (unpaired) electrons. The van der Waals surface area contributed by atoms with Crippen molar-refractivity contribution in [2.75, 3.05) is 0 Å². The minimum absolute atomic E-state index is 0.0960. The number of carbonyl (C=O) groups excluding carboxylic acids is 1. The summed E-state index contributed by atoms with van der Waals surface area (Å²) in [6, 6.07) is 2.32. The third-order valence-electron chi connectivity index (χ3n) is 2.45. The number of hydrogen-bond acceptors (Lipinski definition) is 3. The lowest BCUT2D eigenvalue weighted by Crippen LogP contribution is -2.40. The SMILES string of the molecule is CCCC(NC(=O)c1cc(I)cc(I)c1O)C(=O)O. The van der Waals surface area contributed by atoms with Crippen molar-refractivity contribution in [3.05, 3.63) is 24.8 Å². The quantitative estimate of drug-likeness (QED) is 0.556. The van der Waals surface area contributed by atoms with Gasteiger partial charge >= 0.3 is 5.97 Å². The maximum Gasteiger partial charge on any atom is 0.326 e. The average molecular weight is 489 g/mol. The molecule has 0 saturated heterocycles. The molecule has 0 fully saturated rings. The molecule has 0 bridgehead atoms. The molecule has 0 spiro atoms. The second-order valence-corrected chi connectivity index (χ2v) is 6.34. The molecular weight excluding hydrogens is 476 g/mol. The van der Waals surface area contributed by atoms with E-state index >= 15 is 0 Å². The molecule has 0 aliphatic rings. The van der Waals surface area contributed by atoms with E-state index < -0.39 is 17.9 Å². The predicted octanol–water partition coefficient (Wildman–Crippen LogP) is 2.58. The molecule has 1 aromatic carbocycles. The normalized spacial score (nSPS) is 11.9. The third-order valence-corrected chi connectivity index (χ3v) is 3.90. The molecule has 0 aliphatic carbocycles. The Balaban J connectivity index is 2.97. The Hall–Kier alpha value is -0.580. The Morgan fingerprint density at radius 2 is 2.00 bits per heavy atom. The highest BCUT2D eigenvalue weighted by Gasteiger charge is 2.22. The zero-order valence-corrected chi connectivity index (χ0v) is 14.4. The van der Waals surface area contributed by atoms with Crippen LogP contribution in [0.15, 0.2) is 12.1 Å². The van der Waals surface area contributed by atoms with Gasteiger partial charge in [0.2, 0.25) is 0 Å². The minimum Gasteiger partial charge on any atom is -0.506 e. The molecule has 1 amide bonds. The zero-order chi connectivity index (χ0) is 14.6. The molecule has 104 valence electrons. The first-order valence-corrected chi connectivity index (χ1v) is 7.74. The number of aromatic hydroxyl groups is 1. The standard InChI is InChI=1S/C12H13I2NO4/c1-2-3-9(12(18)19)15-11(17)7-4-6(13)5-8(14)10(7)16/h4-5,9,16H,2-3H2,1H3,(H,15,17)(H,18,19). The second kappa shape index (κ2) is 7.27. The molecule has 0 saturated carbocycles. The molecule has 1 unspecified atom stereocenters. The lowest BCUT2D eigenvalue weighted by Gasteiger charge is -2.14. The summed E-state index contributed by atoms with van der Waals surface area (Å²) in [5, 5.41) is 21.3. The summed E-state index contributed by atoms with van der Waals surface area (Å²) >= 11 is 3.95. The van der Waals surface area contributed by atoms with Crippen molar-refractivity contribution >= 4 is 57.1 Å². The highest BCUT2D eigenvalue weighted by atomic mass is 127. The van der Waals surface area contributed by atoms with Crippen LogP contribution in [0, 0.1) is 7.14 Å². The number of phenols is 1. The van der Waals surface area contributed by atoms with Gasteiger partial charge < -0.3 is 15.5 Å². The number of aliphatic carboxylic acids is 1. The van der Waals surface area contributed by atoms with Crippen molar-refractivity contribution in [2.24, 2.45) is 0 Å². The van der Waals surface area contributed by atoms with Crippen molar-refractivity contribution in [3.8, 4) is 5.75 Å². The van der Waals surface area contributed by atoms with Crippen LogP contribution in [-0.4, -0.2) is 28.1 Å². The fourth-order valence-electron chi connectivity index (χ4n) is 1.52. The Morgan fingerprint density at radius 3 is 2.53 bits per heavy atom. The van der Waals surface area contributed by atoms with E-state index in [0.717, 1.165) is 3.57 Å². The summed E-state index contributed by atoms with van der Waals surface area (Å²) in [7, 11) is 0. The number of carbonyl (C=O) groups is 2. The molecule has 1 atom stereocenters. The van der Waals surface area contributed by atoms with E-state index in [-0.39, 0.29) is 11.3 Å². The first-order chi connectivity index (χ1) is 8.86. The number of halogens is 2. The molecule has 1 rings (SSSR count). The Bertz CT molecular complexity index is 505. The summed E-state index contributed by atoms with van der Waals surface area (Å²) in [4.78, 5) is 23.0. The maximum absolute atomic E-state index is 12.0. The lowest BCUT2D eigenvalue weighted by atomic mass is 10.1. The van der Waals surface area contributed by atoms with Crippen molar-refractivity contribution in [2.45, 2.75) is 25.8 Å². The number of hydrogen-bond donors (Lipinski definition) is 3. The summed E-state index contributed by atoms with van der Waals surface area (Å²) in [6.07, 6.45) is 0.996. The van der Waals surface area contributed by atoms with Gasteiger partial charge in [0.05, 0.1) is 9.13 Å². The summed E-state index contributed by atoms with van der Waals surface area (Å²) in [6.45, 7) is 1.84. The van der Waals surface area contributed by atoms with Gasteiger partial charge in [0.25, 0.3) is 5.91 Å². The van der Waals surface area contributed by atoms with Crippen LogP contribution in [0.25, 0.3) is 0 Å². The number of carboxylic acids is 1. The maximum atomic E-state index is 12.0. The number of amides is 1. The summed E-state index contributed by atoms with van der Waals surface area (Å²) in [5.74, 6) is -1.77. The van der Waals surface area contributed by atoms with Crippen LogP contribution in [0.2, 0.25) is 0 Å². The van der Waals surface area contributed by atoms with Crippen molar-refractivity contribution in [1.29, 1.82) is 0 Å². The fraction of sp³-hybridized carbons (Fsp3) is 0.333. The molecule has 1 aromatic rings.